The van der Waals surface area contributed by atoms with Gasteiger partial charge in [-0.3, -0.25) is 4.98 Å². The second kappa shape index (κ2) is 6.78. The van der Waals surface area contributed by atoms with E-state index in [2.05, 4.69) is 83.8 Å². The zero-order chi connectivity index (χ0) is 19.9. The summed E-state index contributed by atoms with van der Waals surface area (Å²) >= 11 is 0. The molecule has 1 aromatic heterocycles. The van der Waals surface area contributed by atoms with Crippen LogP contribution in [-0.4, -0.2) is 9.97 Å². The molecule has 0 unspecified atom stereocenters. The molecule has 6 aromatic rings. The number of para-hydroxylation sites is 2. The summed E-state index contributed by atoms with van der Waals surface area (Å²) in [5, 5.41) is 5.07. The Morgan fingerprint density at radius 3 is 1.77 bits per heavy atom. The zero-order valence-corrected chi connectivity index (χ0v) is 16.3. The van der Waals surface area contributed by atoms with Crippen LogP contribution < -0.4 is 0 Å². The third-order valence-corrected chi connectivity index (χ3v) is 5.69. The highest BCUT2D eigenvalue weighted by atomic mass is 14.8. The van der Waals surface area contributed by atoms with Crippen LogP contribution in [-0.2, 0) is 0 Å². The first-order chi connectivity index (χ1) is 14.9. The molecule has 0 radical (unpaired) electrons. The van der Waals surface area contributed by atoms with Crippen LogP contribution in [0.1, 0.15) is 0 Å². The Hall–Kier alpha value is -4.04. The minimum absolute atomic E-state index is 0.892. The summed E-state index contributed by atoms with van der Waals surface area (Å²) in [7, 11) is 0. The first kappa shape index (κ1) is 16.9. The van der Waals surface area contributed by atoms with Gasteiger partial charge in [0.15, 0.2) is 0 Å². The van der Waals surface area contributed by atoms with E-state index in [0.717, 1.165) is 22.3 Å². The molecule has 0 saturated heterocycles. The molecule has 0 aliphatic heterocycles. The zero-order valence-electron chi connectivity index (χ0n) is 16.3. The summed E-state index contributed by atoms with van der Waals surface area (Å²) in [5.41, 5.74) is 6.28. The number of benzene rings is 5. The average molecular weight is 382 g/mol. The molecular weight excluding hydrogens is 364 g/mol. The molecule has 0 fully saturated rings. The van der Waals surface area contributed by atoms with Crippen LogP contribution in [0.5, 0.6) is 0 Å². The first-order valence-electron chi connectivity index (χ1n) is 10.1. The van der Waals surface area contributed by atoms with E-state index in [4.69, 9.17) is 4.98 Å². The van der Waals surface area contributed by atoms with Crippen LogP contribution in [0.4, 0.5) is 0 Å². The maximum absolute atomic E-state index is 4.79. The van der Waals surface area contributed by atoms with Crippen molar-refractivity contribution in [3.8, 4) is 22.4 Å². The van der Waals surface area contributed by atoms with Gasteiger partial charge in [-0.1, -0.05) is 84.9 Å². The normalized spacial score (nSPS) is 11.3. The Bertz CT molecular complexity index is 1480. The molecule has 0 spiro atoms. The van der Waals surface area contributed by atoms with Crippen molar-refractivity contribution in [1.29, 1.82) is 0 Å². The van der Waals surface area contributed by atoms with Gasteiger partial charge in [0.05, 0.1) is 22.9 Å². The Morgan fingerprint density at radius 1 is 0.500 bits per heavy atom. The first-order valence-corrected chi connectivity index (χ1v) is 10.1. The highest BCUT2D eigenvalue weighted by Gasteiger charge is 2.10. The molecule has 0 saturated carbocycles. The molecule has 0 atom stereocenters. The van der Waals surface area contributed by atoms with Crippen molar-refractivity contribution in [2.24, 2.45) is 0 Å². The second-order valence-corrected chi connectivity index (χ2v) is 7.52. The summed E-state index contributed by atoms with van der Waals surface area (Å²) in [6, 6.07) is 36.1. The summed E-state index contributed by atoms with van der Waals surface area (Å²) in [6.07, 6.45) is 1.85. The van der Waals surface area contributed by atoms with Crippen molar-refractivity contribution in [3.63, 3.8) is 0 Å². The van der Waals surface area contributed by atoms with Gasteiger partial charge in [-0.2, -0.15) is 0 Å². The molecule has 0 aliphatic carbocycles. The van der Waals surface area contributed by atoms with Crippen LogP contribution >= 0.6 is 0 Å². The van der Waals surface area contributed by atoms with Gasteiger partial charge < -0.3 is 0 Å². The lowest BCUT2D eigenvalue weighted by Crippen LogP contribution is -1.89. The maximum atomic E-state index is 4.79. The predicted molar refractivity (Wildman–Crippen MR) is 125 cm³/mol. The molecule has 6 rings (SSSR count). The van der Waals surface area contributed by atoms with Crippen LogP contribution in [0.15, 0.2) is 109 Å². The van der Waals surface area contributed by atoms with Crippen molar-refractivity contribution in [2.45, 2.75) is 0 Å². The molecule has 0 bridgehead atoms. The monoisotopic (exact) mass is 382 g/mol. The van der Waals surface area contributed by atoms with Gasteiger partial charge in [0.1, 0.15) is 0 Å². The SMILES string of the molecule is c1ccc2c(-c3ccc(-c4cnc5ccccc5n4)cc3)c3ccccc3cc2c1. The molecule has 0 amide bonds. The number of aromatic nitrogens is 2. The fourth-order valence-corrected chi connectivity index (χ4v) is 4.23. The lowest BCUT2D eigenvalue weighted by Gasteiger charge is -2.12. The van der Waals surface area contributed by atoms with Crippen molar-refractivity contribution in [3.05, 3.63) is 109 Å². The average Bonchev–Trinajstić information content (AvgIpc) is 2.82. The van der Waals surface area contributed by atoms with E-state index >= 15 is 0 Å². The predicted octanol–water partition coefficient (Wildman–Crippen LogP) is 7.27. The van der Waals surface area contributed by atoms with E-state index < -0.39 is 0 Å². The Kier molecular flexibility index (Phi) is 3.82. The van der Waals surface area contributed by atoms with Crippen LogP contribution in [0.3, 0.4) is 0 Å². The van der Waals surface area contributed by atoms with Crippen LogP contribution in [0, 0.1) is 0 Å². The Balaban J connectivity index is 1.52. The molecule has 0 aliphatic rings. The highest BCUT2D eigenvalue weighted by molar-refractivity contribution is 6.12. The van der Waals surface area contributed by atoms with E-state index in [-0.39, 0.29) is 0 Å². The molecular formula is C28H18N2. The fourth-order valence-electron chi connectivity index (χ4n) is 4.23. The van der Waals surface area contributed by atoms with Gasteiger partial charge in [-0.15, -0.1) is 0 Å². The van der Waals surface area contributed by atoms with Crippen molar-refractivity contribution < 1.29 is 0 Å². The van der Waals surface area contributed by atoms with Gasteiger partial charge in [0.25, 0.3) is 0 Å². The molecule has 5 aromatic carbocycles. The van der Waals surface area contributed by atoms with Gasteiger partial charge in [0.2, 0.25) is 0 Å². The number of hydrogen-bond donors (Lipinski definition) is 0. The summed E-state index contributed by atoms with van der Waals surface area (Å²) < 4.78 is 0. The third kappa shape index (κ3) is 2.73. The fraction of sp³-hybridized carbons (Fsp3) is 0. The maximum Gasteiger partial charge on any atom is 0.0894 e. The lowest BCUT2D eigenvalue weighted by molar-refractivity contribution is 1.29. The number of nitrogens with zero attached hydrogens (tertiary/aromatic N) is 2. The Morgan fingerprint density at radius 2 is 1.07 bits per heavy atom. The smallest absolute Gasteiger partial charge is 0.0894 e. The van der Waals surface area contributed by atoms with E-state index in [9.17, 15) is 0 Å². The molecule has 0 N–H and O–H groups in total. The van der Waals surface area contributed by atoms with Crippen LogP contribution in [0.2, 0.25) is 0 Å². The minimum atomic E-state index is 0.892. The minimum Gasteiger partial charge on any atom is -0.252 e. The quantitative estimate of drug-likeness (QED) is 0.294. The molecule has 2 nitrogen and oxygen atoms in total. The summed E-state index contributed by atoms with van der Waals surface area (Å²) in [6.45, 7) is 0. The van der Waals surface area contributed by atoms with Gasteiger partial charge in [-0.05, 0) is 50.9 Å². The number of hydrogen-bond acceptors (Lipinski definition) is 2. The van der Waals surface area contributed by atoms with E-state index in [0.29, 0.717) is 0 Å². The Labute approximate surface area is 174 Å². The van der Waals surface area contributed by atoms with E-state index in [1.54, 1.807) is 0 Å². The largest absolute Gasteiger partial charge is 0.252 e. The van der Waals surface area contributed by atoms with Gasteiger partial charge in [0, 0.05) is 5.56 Å². The molecule has 30 heavy (non-hydrogen) atoms. The molecule has 1 heterocycles. The van der Waals surface area contributed by atoms with E-state index in [1.165, 1.54) is 32.7 Å². The van der Waals surface area contributed by atoms with Crippen molar-refractivity contribution >= 4 is 32.6 Å². The van der Waals surface area contributed by atoms with Gasteiger partial charge >= 0.3 is 0 Å². The second-order valence-electron chi connectivity index (χ2n) is 7.52. The van der Waals surface area contributed by atoms with Crippen LogP contribution in [0.25, 0.3) is 55.0 Å². The van der Waals surface area contributed by atoms with Crippen molar-refractivity contribution in [1.82, 2.24) is 9.97 Å². The lowest BCUT2D eigenvalue weighted by atomic mass is 9.91. The third-order valence-electron chi connectivity index (χ3n) is 5.69. The molecule has 2 heteroatoms. The highest BCUT2D eigenvalue weighted by Crippen LogP contribution is 2.37. The van der Waals surface area contributed by atoms with Crippen molar-refractivity contribution in [2.75, 3.05) is 0 Å². The summed E-state index contributed by atoms with van der Waals surface area (Å²) in [4.78, 5) is 9.34. The number of rotatable bonds is 2. The number of fused-ring (bicyclic) bond motifs is 3. The topological polar surface area (TPSA) is 25.8 Å². The standard InChI is InChI=1S/C28H18N2/c1-3-9-23-21(7-1)17-22-8-2-4-10-24(22)28(23)20-15-13-19(14-16-20)27-18-29-25-11-5-6-12-26(25)30-27/h1-18H. The molecule has 140 valence electrons. The van der Waals surface area contributed by atoms with Gasteiger partial charge in [-0.25, -0.2) is 4.98 Å². The van der Waals surface area contributed by atoms with E-state index in [1.807, 2.05) is 30.5 Å². The summed E-state index contributed by atoms with van der Waals surface area (Å²) in [5.74, 6) is 0.